The van der Waals surface area contributed by atoms with E-state index in [-0.39, 0.29) is 11.8 Å². The van der Waals surface area contributed by atoms with Crippen molar-refractivity contribution >= 4 is 48.9 Å². The van der Waals surface area contributed by atoms with Crippen LogP contribution in [0.1, 0.15) is 77.2 Å². The molecule has 2 aromatic carbocycles. The van der Waals surface area contributed by atoms with E-state index in [1.165, 1.54) is 0 Å². The van der Waals surface area contributed by atoms with Crippen LogP contribution in [-0.2, 0) is 5.60 Å². The minimum absolute atomic E-state index is 0.0487. The van der Waals surface area contributed by atoms with Gasteiger partial charge in [-0.15, -0.1) is 0 Å². The number of likely N-dealkylation sites (tertiary alicyclic amines) is 1. The highest BCUT2D eigenvalue weighted by atomic mass is 35.5. The van der Waals surface area contributed by atoms with Crippen molar-refractivity contribution in [1.29, 1.82) is 0 Å². The van der Waals surface area contributed by atoms with Crippen LogP contribution in [0, 0.1) is 0 Å². The largest absolute Gasteiger partial charge is 0.541 e. The fourth-order valence-electron chi connectivity index (χ4n) is 6.07. The highest BCUT2D eigenvalue weighted by molar-refractivity contribution is 6.78. The molecule has 4 nitrogen and oxygen atoms in total. The van der Waals surface area contributed by atoms with Crippen LogP contribution in [0.4, 0.5) is 0 Å². The summed E-state index contributed by atoms with van der Waals surface area (Å²) in [4.78, 5) is 15.6. The van der Waals surface area contributed by atoms with Gasteiger partial charge in [0, 0.05) is 23.7 Å². The van der Waals surface area contributed by atoms with Gasteiger partial charge >= 0.3 is 0 Å². The molecule has 1 fully saturated rings. The topological polar surface area (TPSA) is 49.8 Å². The number of ketones is 1. The Labute approximate surface area is 238 Å². The number of piperidine rings is 1. The van der Waals surface area contributed by atoms with E-state index >= 15 is 0 Å². The molecule has 0 aliphatic carbocycles. The van der Waals surface area contributed by atoms with E-state index in [2.05, 4.69) is 46.4 Å². The maximum atomic E-state index is 13.5. The maximum absolute atomic E-state index is 13.5. The molecule has 1 unspecified atom stereocenters. The van der Waals surface area contributed by atoms with Crippen LogP contribution in [-0.4, -0.2) is 43.2 Å². The summed E-state index contributed by atoms with van der Waals surface area (Å²) in [6.07, 6.45) is 1.07. The molecule has 0 spiro atoms. The zero-order valence-corrected chi connectivity index (χ0v) is 26.2. The van der Waals surface area contributed by atoms with Crippen molar-refractivity contribution < 1.29 is 14.3 Å². The predicted octanol–water partition coefficient (Wildman–Crippen LogP) is 8.76. The first-order chi connectivity index (χ1) is 17.2. The van der Waals surface area contributed by atoms with Crippen molar-refractivity contribution in [2.75, 3.05) is 13.1 Å². The number of hydrogen-bond acceptors (Lipinski definition) is 4. The molecular weight excluding hydrogens is 545 g/mol. The SMILES string of the molecule is CC(C(=O)c1cc(Cl)c(O[Si](C(C)C)(C(C)C)C(C)C)c(Cl)c1)N1CCC(O)(c2ccc(Cl)cc2)CC1. The number of aliphatic hydroxyl groups is 1. The van der Waals surface area contributed by atoms with E-state index in [1.807, 2.05) is 19.1 Å². The first-order valence-electron chi connectivity index (χ1n) is 13.2. The molecule has 0 amide bonds. The van der Waals surface area contributed by atoms with Crippen molar-refractivity contribution in [3.05, 3.63) is 62.6 Å². The van der Waals surface area contributed by atoms with Gasteiger partial charge in [-0.2, -0.15) is 0 Å². The maximum Gasteiger partial charge on any atom is 0.258 e. The van der Waals surface area contributed by atoms with Crippen LogP contribution >= 0.6 is 34.8 Å². The van der Waals surface area contributed by atoms with Gasteiger partial charge in [0.2, 0.25) is 0 Å². The average Bonchev–Trinajstić information content (AvgIpc) is 2.82. The van der Waals surface area contributed by atoms with E-state index in [0.717, 1.165) is 5.56 Å². The molecule has 1 saturated heterocycles. The Hall–Kier alpha value is -1.08. The summed E-state index contributed by atoms with van der Waals surface area (Å²) >= 11 is 19.4. The van der Waals surface area contributed by atoms with Gasteiger partial charge in [0.25, 0.3) is 8.32 Å². The Morgan fingerprint density at radius 3 is 1.78 bits per heavy atom. The lowest BCUT2D eigenvalue weighted by Gasteiger charge is -2.42. The third-order valence-corrected chi connectivity index (χ3v) is 15.0. The molecule has 1 heterocycles. The Balaban J connectivity index is 1.77. The Morgan fingerprint density at radius 2 is 1.35 bits per heavy atom. The van der Waals surface area contributed by atoms with Gasteiger partial charge in [-0.1, -0.05) is 88.5 Å². The zero-order chi connectivity index (χ0) is 27.7. The lowest BCUT2D eigenvalue weighted by Crippen LogP contribution is -2.50. The number of Topliss-reactive ketones (excluding diaryl/α,β-unsaturated/α-hetero) is 1. The molecule has 1 aliphatic rings. The third kappa shape index (κ3) is 6.23. The molecule has 8 heteroatoms. The van der Waals surface area contributed by atoms with Crippen LogP contribution in [0.15, 0.2) is 36.4 Å². The molecule has 37 heavy (non-hydrogen) atoms. The molecule has 3 rings (SSSR count). The predicted molar refractivity (Wildman–Crippen MR) is 158 cm³/mol. The number of rotatable bonds is 9. The van der Waals surface area contributed by atoms with Gasteiger partial charge in [0.05, 0.1) is 21.7 Å². The first-order valence-corrected chi connectivity index (χ1v) is 16.4. The fourth-order valence-corrected chi connectivity index (χ4v) is 12.2. The van der Waals surface area contributed by atoms with E-state index in [4.69, 9.17) is 39.2 Å². The number of carbonyl (C=O) groups excluding carboxylic acids is 1. The van der Waals surface area contributed by atoms with Crippen molar-refractivity contribution in [3.63, 3.8) is 0 Å². The molecule has 0 radical (unpaired) electrons. The molecular formula is C29H40Cl3NO3Si. The van der Waals surface area contributed by atoms with Crippen LogP contribution < -0.4 is 4.43 Å². The third-order valence-electron chi connectivity index (χ3n) is 8.20. The second-order valence-corrected chi connectivity index (χ2v) is 17.9. The summed E-state index contributed by atoms with van der Waals surface area (Å²) in [6, 6.07) is 10.3. The standard InChI is InChI=1S/C29H40Cl3NO3Si/c1-18(2)37(19(3)4,20(5)6)36-28-25(31)16-22(17-26(28)32)27(34)21(7)33-14-12-29(35,13-15-33)23-8-10-24(30)11-9-23/h8-11,16-21,35H,12-15H2,1-7H3. The average molecular weight is 585 g/mol. The van der Waals surface area contributed by atoms with Crippen molar-refractivity contribution in [1.82, 2.24) is 4.90 Å². The molecule has 1 aliphatic heterocycles. The number of carbonyl (C=O) groups is 1. The zero-order valence-electron chi connectivity index (χ0n) is 22.9. The summed E-state index contributed by atoms with van der Waals surface area (Å²) in [7, 11) is -2.26. The van der Waals surface area contributed by atoms with Gasteiger partial charge in [-0.05, 0) is 66.2 Å². The Kier molecular flexibility index (Phi) is 9.86. The quantitative estimate of drug-likeness (QED) is 0.236. The number of halogens is 3. The summed E-state index contributed by atoms with van der Waals surface area (Å²) in [5, 5.41) is 12.6. The summed E-state index contributed by atoms with van der Waals surface area (Å²) in [5.74, 6) is 0.439. The molecule has 1 N–H and O–H groups in total. The first kappa shape index (κ1) is 30.5. The van der Waals surface area contributed by atoms with E-state index in [1.54, 1.807) is 24.3 Å². The molecule has 0 bridgehead atoms. The number of nitrogens with zero attached hydrogens (tertiary/aromatic N) is 1. The number of hydrogen-bond donors (Lipinski definition) is 1. The second-order valence-electron chi connectivity index (χ2n) is 11.3. The summed E-state index contributed by atoms with van der Waals surface area (Å²) < 4.78 is 6.75. The molecule has 0 saturated carbocycles. The monoisotopic (exact) mass is 583 g/mol. The minimum atomic E-state index is -2.26. The van der Waals surface area contributed by atoms with Gasteiger partial charge in [0.15, 0.2) is 5.78 Å². The van der Waals surface area contributed by atoms with E-state index < -0.39 is 13.9 Å². The lowest BCUT2D eigenvalue weighted by molar-refractivity contribution is -0.0318. The molecule has 1 atom stereocenters. The summed E-state index contributed by atoms with van der Waals surface area (Å²) in [6.45, 7) is 16.3. The minimum Gasteiger partial charge on any atom is -0.541 e. The number of benzene rings is 2. The van der Waals surface area contributed by atoms with Crippen molar-refractivity contribution in [2.45, 2.75) is 89.6 Å². The smallest absolute Gasteiger partial charge is 0.258 e. The Bertz CT molecular complexity index is 1050. The fraction of sp³-hybridized carbons (Fsp3) is 0.552. The highest BCUT2D eigenvalue weighted by Crippen LogP contribution is 2.46. The van der Waals surface area contributed by atoms with Crippen LogP contribution in [0.3, 0.4) is 0 Å². The van der Waals surface area contributed by atoms with Crippen LogP contribution in [0.2, 0.25) is 31.7 Å². The van der Waals surface area contributed by atoms with E-state index in [0.29, 0.717) is 68.9 Å². The highest BCUT2D eigenvalue weighted by Gasteiger charge is 2.47. The van der Waals surface area contributed by atoms with Gasteiger partial charge in [-0.25, -0.2) is 0 Å². The van der Waals surface area contributed by atoms with Crippen molar-refractivity contribution in [2.24, 2.45) is 0 Å². The Morgan fingerprint density at radius 1 is 0.892 bits per heavy atom. The normalized spacial score (nSPS) is 17.5. The van der Waals surface area contributed by atoms with E-state index in [9.17, 15) is 9.90 Å². The summed E-state index contributed by atoms with van der Waals surface area (Å²) in [5.41, 5.74) is 1.51. The lowest BCUT2D eigenvalue weighted by atomic mass is 9.84. The van der Waals surface area contributed by atoms with Crippen LogP contribution in [0.5, 0.6) is 5.75 Å². The van der Waals surface area contributed by atoms with Gasteiger partial charge in [-0.3, -0.25) is 9.69 Å². The molecule has 2 aromatic rings. The van der Waals surface area contributed by atoms with Crippen molar-refractivity contribution in [3.8, 4) is 5.75 Å². The van der Waals surface area contributed by atoms with Crippen LogP contribution in [0.25, 0.3) is 0 Å². The van der Waals surface area contributed by atoms with Gasteiger partial charge < -0.3 is 9.53 Å². The van der Waals surface area contributed by atoms with Gasteiger partial charge in [0.1, 0.15) is 5.75 Å². The molecule has 0 aromatic heterocycles. The second kappa shape index (κ2) is 12.0. The molecule has 204 valence electrons.